The highest BCUT2D eigenvalue weighted by Gasteiger charge is 2.35. The first-order valence-corrected chi connectivity index (χ1v) is 9.41. The molecule has 2 aromatic carbocycles. The Kier molecular flexibility index (Phi) is 4.92. The Morgan fingerprint density at radius 2 is 1.85 bits per heavy atom. The van der Waals surface area contributed by atoms with Gasteiger partial charge in [0.2, 0.25) is 5.91 Å². The third kappa shape index (κ3) is 4.35. The van der Waals surface area contributed by atoms with E-state index in [0.717, 1.165) is 29.7 Å². The van der Waals surface area contributed by atoms with Crippen molar-refractivity contribution in [3.63, 3.8) is 0 Å². The van der Waals surface area contributed by atoms with E-state index in [1.54, 1.807) is 12.1 Å². The van der Waals surface area contributed by atoms with Crippen molar-refractivity contribution in [1.82, 2.24) is 4.90 Å². The lowest BCUT2D eigenvalue weighted by Crippen LogP contribution is -2.38. The summed E-state index contributed by atoms with van der Waals surface area (Å²) in [6, 6.07) is 14.5. The van der Waals surface area contributed by atoms with Crippen molar-refractivity contribution in [2.24, 2.45) is 11.1 Å². The Labute approximate surface area is 158 Å². The van der Waals surface area contributed by atoms with Crippen LogP contribution in [0, 0.1) is 18.7 Å². The van der Waals surface area contributed by atoms with Crippen molar-refractivity contribution in [3.8, 4) is 0 Å². The molecule has 1 aliphatic carbocycles. The van der Waals surface area contributed by atoms with Gasteiger partial charge in [-0.25, -0.2) is 4.39 Å². The molecule has 0 spiro atoms. The number of benzene rings is 2. The van der Waals surface area contributed by atoms with Gasteiger partial charge in [0, 0.05) is 18.9 Å². The highest BCUT2D eigenvalue weighted by molar-refractivity contribution is 6.01. The summed E-state index contributed by atoms with van der Waals surface area (Å²) in [7, 11) is 0. The highest BCUT2D eigenvalue weighted by atomic mass is 19.1. The molecule has 2 aliphatic rings. The molecule has 2 aromatic rings. The number of amides is 1. The summed E-state index contributed by atoms with van der Waals surface area (Å²) in [6.07, 6.45) is 2.44. The van der Waals surface area contributed by atoms with Crippen LogP contribution in [0.25, 0.3) is 0 Å². The molecule has 1 fully saturated rings. The zero-order chi connectivity index (χ0) is 18.8. The van der Waals surface area contributed by atoms with Gasteiger partial charge >= 0.3 is 0 Å². The Morgan fingerprint density at radius 1 is 1.15 bits per heavy atom. The third-order valence-electron chi connectivity index (χ3n) is 5.07. The zero-order valence-corrected chi connectivity index (χ0v) is 15.4. The number of nitrogens with zero attached hydrogens (tertiary/aromatic N) is 2. The predicted octanol–water partition coefficient (Wildman–Crippen LogP) is 4.07. The Morgan fingerprint density at radius 3 is 2.52 bits per heavy atom. The number of carbonyl (C=O) groups is 1. The van der Waals surface area contributed by atoms with Crippen molar-refractivity contribution >= 4 is 11.6 Å². The van der Waals surface area contributed by atoms with Gasteiger partial charge in [0.1, 0.15) is 5.82 Å². The van der Waals surface area contributed by atoms with E-state index < -0.39 is 0 Å². The lowest BCUT2D eigenvalue weighted by molar-refractivity contribution is -0.135. The van der Waals surface area contributed by atoms with Crippen LogP contribution in [0.4, 0.5) is 4.39 Å². The lowest BCUT2D eigenvalue weighted by atomic mass is 10.0. The Balaban J connectivity index is 1.42. The number of carbonyl (C=O) groups excluding carboxylic acids is 1. The fourth-order valence-electron chi connectivity index (χ4n) is 3.32. The molecule has 0 N–H and O–H groups in total. The molecule has 1 heterocycles. The van der Waals surface area contributed by atoms with Crippen molar-refractivity contribution in [2.45, 2.75) is 38.8 Å². The smallest absolute Gasteiger partial charge is 0.226 e. The summed E-state index contributed by atoms with van der Waals surface area (Å²) in [5.41, 5.74) is 4.10. The molecule has 0 saturated heterocycles. The minimum absolute atomic E-state index is 0.129. The molecule has 140 valence electrons. The summed E-state index contributed by atoms with van der Waals surface area (Å²) in [5, 5.41) is 4.24. The van der Waals surface area contributed by atoms with Gasteiger partial charge in [0.25, 0.3) is 0 Å². The molecule has 4 rings (SSSR count). The molecule has 4 nitrogen and oxygen atoms in total. The molecular weight excluding hydrogens is 343 g/mol. The molecule has 1 atom stereocenters. The number of oxime groups is 1. The molecule has 0 radical (unpaired) electrons. The normalized spacial score (nSPS) is 18.7. The van der Waals surface area contributed by atoms with Crippen LogP contribution in [0.15, 0.2) is 53.7 Å². The van der Waals surface area contributed by atoms with Crippen LogP contribution < -0.4 is 0 Å². The molecule has 1 aliphatic heterocycles. The SMILES string of the molecule is Cc1ccc(C2=NO[C@H](CN(Cc3ccc(F)cc3)C(=O)C3CC3)C2)cc1. The van der Waals surface area contributed by atoms with Gasteiger partial charge in [0.15, 0.2) is 6.10 Å². The monoisotopic (exact) mass is 366 g/mol. The lowest BCUT2D eigenvalue weighted by Gasteiger charge is -2.25. The minimum atomic E-state index is -0.269. The minimum Gasteiger partial charge on any atom is -0.390 e. The molecule has 1 saturated carbocycles. The maximum Gasteiger partial charge on any atom is 0.226 e. The van der Waals surface area contributed by atoms with Gasteiger partial charge in [-0.2, -0.15) is 0 Å². The van der Waals surface area contributed by atoms with E-state index in [-0.39, 0.29) is 23.7 Å². The average Bonchev–Trinajstić information content (AvgIpc) is 3.42. The first kappa shape index (κ1) is 17.7. The second-order valence-electron chi connectivity index (χ2n) is 7.46. The van der Waals surface area contributed by atoms with Crippen molar-refractivity contribution in [3.05, 3.63) is 71.0 Å². The van der Waals surface area contributed by atoms with Gasteiger partial charge in [-0.05, 0) is 43.0 Å². The first-order chi connectivity index (χ1) is 13.1. The van der Waals surface area contributed by atoms with Gasteiger partial charge in [-0.3, -0.25) is 4.79 Å². The molecule has 0 unspecified atom stereocenters. The summed E-state index contributed by atoms with van der Waals surface area (Å²) >= 11 is 0. The third-order valence-corrected chi connectivity index (χ3v) is 5.07. The van der Waals surface area contributed by atoms with Crippen molar-refractivity contribution in [1.29, 1.82) is 0 Å². The molecule has 5 heteroatoms. The van der Waals surface area contributed by atoms with Crippen LogP contribution in [0.2, 0.25) is 0 Å². The Hall–Kier alpha value is -2.69. The van der Waals surface area contributed by atoms with E-state index in [4.69, 9.17) is 4.84 Å². The first-order valence-electron chi connectivity index (χ1n) is 9.41. The molecular formula is C22H23FN2O2. The van der Waals surface area contributed by atoms with E-state index in [1.807, 2.05) is 17.0 Å². The van der Waals surface area contributed by atoms with Gasteiger partial charge in [0.05, 0.1) is 12.3 Å². The predicted molar refractivity (Wildman–Crippen MR) is 102 cm³/mol. The molecule has 0 bridgehead atoms. The summed E-state index contributed by atoms with van der Waals surface area (Å²) in [6.45, 7) is 3.01. The van der Waals surface area contributed by atoms with Crippen LogP contribution >= 0.6 is 0 Å². The number of hydrogen-bond donors (Lipinski definition) is 0. The highest BCUT2D eigenvalue weighted by Crippen LogP contribution is 2.32. The maximum absolute atomic E-state index is 13.2. The summed E-state index contributed by atoms with van der Waals surface area (Å²) in [5.74, 6) is 0.0186. The fourth-order valence-corrected chi connectivity index (χ4v) is 3.32. The van der Waals surface area contributed by atoms with Crippen LogP contribution in [0.1, 0.15) is 36.0 Å². The maximum atomic E-state index is 13.2. The Bertz CT molecular complexity index is 842. The molecule has 27 heavy (non-hydrogen) atoms. The van der Waals surface area contributed by atoms with E-state index in [0.29, 0.717) is 19.5 Å². The average molecular weight is 366 g/mol. The molecule has 0 aromatic heterocycles. The van der Waals surface area contributed by atoms with Crippen molar-refractivity contribution in [2.75, 3.05) is 6.54 Å². The van der Waals surface area contributed by atoms with E-state index in [1.165, 1.54) is 17.7 Å². The number of halogens is 1. The second kappa shape index (κ2) is 7.51. The van der Waals surface area contributed by atoms with Crippen LogP contribution in [-0.2, 0) is 16.2 Å². The van der Waals surface area contributed by atoms with E-state index >= 15 is 0 Å². The topological polar surface area (TPSA) is 41.9 Å². The number of rotatable bonds is 6. The van der Waals surface area contributed by atoms with E-state index in [9.17, 15) is 9.18 Å². The second-order valence-corrected chi connectivity index (χ2v) is 7.46. The van der Waals surface area contributed by atoms with Gasteiger partial charge in [-0.1, -0.05) is 47.1 Å². The summed E-state index contributed by atoms with van der Waals surface area (Å²) < 4.78 is 13.2. The van der Waals surface area contributed by atoms with Crippen LogP contribution in [0.5, 0.6) is 0 Å². The van der Waals surface area contributed by atoms with Crippen LogP contribution in [-0.4, -0.2) is 29.2 Å². The van der Waals surface area contributed by atoms with Gasteiger partial charge in [-0.15, -0.1) is 0 Å². The summed E-state index contributed by atoms with van der Waals surface area (Å²) in [4.78, 5) is 20.2. The fraction of sp³-hybridized carbons (Fsp3) is 0.364. The van der Waals surface area contributed by atoms with E-state index in [2.05, 4.69) is 24.2 Å². The van der Waals surface area contributed by atoms with Crippen LogP contribution in [0.3, 0.4) is 0 Å². The molecule has 1 amide bonds. The zero-order valence-electron chi connectivity index (χ0n) is 15.4. The number of hydrogen-bond acceptors (Lipinski definition) is 3. The van der Waals surface area contributed by atoms with Crippen molar-refractivity contribution < 1.29 is 14.0 Å². The largest absolute Gasteiger partial charge is 0.390 e. The standard InChI is InChI=1S/C22H23FN2O2/c1-15-2-6-17(7-3-15)21-12-20(27-24-21)14-25(22(26)18-8-9-18)13-16-4-10-19(23)11-5-16/h2-7,10-11,18,20H,8-9,12-14H2,1H3/t20-/m0/s1. The number of aryl methyl sites for hydroxylation is 1. The quantitative estimate of drug-likeness (QED) is 0.773. The van der Waals surface area contributed by atoms with Gasteiger partial charge < -0.3 is 9.74 Å².